The molecular formula is C17H19N3OS. The molecule has 1 N–H and O–H groups in total. The van der Waals surface area contributed by atoms with E-state index in [-0.39, 0.29) is 11.4 Å². The fourth-order valence-corrected chi connectivity index (χ4v) is 5.31. The summed E-state index contributed by atoms with van der Waals surface area (Å²) in [4.78, 5) is 19.7. The Bertz CT molecular complexity index is 743. The van der Waals surface area contributed by atoms with Gasteiger partial charge < -0.3 is 5.32 Å². The van der Waals surface area contributed by atoms with Crippen LogP contribution in [0.5, 0.6) is 0 Å². The maximum atomic E-state index is 12.7. The first-order valence-electron chi connectivity index (χ1n) is 8.15. The van der Waals surface area contributed by atoms with E-state index in [0.29, 0.717) is 17.7 Å². The van der Waals surface area contributed by atoms with E-state index in [0.717, 1.165) is 10.1 Å². The number of piperidine rings is 3. The standard InChI is InChI=1S/C17H19N3OS/c21-16(13-9-14-12(10-18-13)3-8-22-14)19-15-11-1-6-20(7-2-11)17(15)4-5-17/h3,8-11,15H,1-2,4-7H2,(H,19,21)/t15-/m1/s1. The summed E-state index contributed by atoms with van der Waals surface area (Å²) in [5.41, 5.74) is 0.839. The smallest absolute Gasteiger partial charge is 0.270 e. The molecule has 1 atom stereocenters. The number of thiophene rings is 1. The van der Waals surface area contributed by atoms with Crippen LogP contribution in [0.15, 0.2) is 23.7 Å². The Morgan fingerprint density at radius 3 is 2.95 bits per heavy atom. The van der Waals surface area contributed by atoms with E-state index in [1.807, 2.05) is 23.7 Å². The molecule has 2 aromatic rings. The molecule has 0 unspecified atom stereocenters. The van der Waals surface area contributed by atoms with Crippen LogP contribution >= 0.6 is 11.3 Å². The van der Waals surface area contributed by atoms with Crippen molar-refractivity contribution in [2.75, 3.05) is 13.1 Å². The lowest BCUT2D eigenvalue weighted by Crippen LogP contribution is -2.65. The molecule has 0 radical (unpaired) electrons. The predicted octanol–water partition coefficient (Wildman–Crippen LogP) is 2.65. The van der Waals surface area contributed by atoms with Gasteiger partial charge in [0.1, 0.15) is 5.69 Å². The van der Waals surface area contributed by atoms with Gasteiger partial charge in [-0.05, 0) is 62.2 Å². The first-order valence-corrected chi connectivity index (χ1v) is 9.03. The second-order valence-electron chi connectivity index (χ2n) is 6.91. The molecule has 5 heteroatoms. The summed E-state index contributed by atoms with van der Waals surface area (Å²) in [6, 6.07) is 4.29. The quantitative estimate of drug-likeness (QED) is 0.927. The highest BCUT2D eigenvalue weighted by molar-refractivity contribution is 7.17. The number of rotatable bonds is 2. The van der Waals surface area contributed by atoms with Crippen LogP contribution < -0.4 is 5.32 Å². The van der Waals surface area contributed by atoms with Gasteiger partial charge in [-0.2, -0.15) is 0 Å². The molecule has 3 saturated heterocycles. The molecule has 6 rings (SSSR count). The summed E-state index contributed by atoms with van der Waals surface area (Å²) < 4.78 is 1.13. The van der Waals surface area contributed by atoms with Crippen LogP contribution in [0.4, 0.5) is 0 Å². The number of nitrogens with zero attached hydrogens (tertiary/aromatic N) is 2. The Balaban J connectivity index is 1.42. The summed E-state index contributed by atoms with van der Waals surface area (Å²) in [6.07, 6.45) is 6.75. The van der Waals surface area contributed by atoms with Gasteiger partial charge in [-0.25, -0.2) is 0 Å². The van der Waals surface area contributed by atoms with Crippen LogP contribution in [0.25, 0.3) is 10.1 Å². The lowest BCUT2D eigenvalue weighted by molar-refractivity contribution is -0.00152. The fraction of sp³-hybridized carbons (Fsp3) is 0.529. The number of aromatic nitrogens is 1. The third kappa shape index (κ3) is 1.78. The van der Waals surface area contributed by atoms with Gasteiger partial charge in [0.2, 0.25) is 0 Å². The lowest BCUT2D eigenvalue weighted by atomic mass is 9.77. The van der Waals surface area contributed by atoms with Crippen LogP contribution in [0.1, 0.15) is 36.2 Å². The van der Waals surface area contributed by atoms with Crippen molar-refractivity contribution in [3.8, 4) is 0 Å². The minimum Gasteiger partial charge on any atom is -0.346 e. The minimum atomic E-state index is 0.000301. The van der Waals surface area contributed by atoms with Crippen molar-refractivity contribution in [1.29, 1.82) is 0 Å². The zero-order valence-corrected chi connectivity index (χ0v) is 13.2. The van der Waals surface area contributed by atoms with Gasteiger partial charge in [0.05, 0.1) is 6.04 Å². The summed E-state index contributed by atoms with van der Waals surface area (Å²) >= 11 is 1.66. The van der Waals surface area contributed by atoms with Crippen LogP contribution in [-0.2, 0) is 0 Å². The molecule has 5 heterocycles. The van der Waals surface area contributed by atoms with Gasteiger partial charge >= 0.3 is 0 Å². The molecule has 22 heavy (non-hydrogen) atoms. The molecule has 114 valence electrons. The summed E-state index contributed by atoms with van der Waals surface area (Å²) in [7, 11) is 0. The largest absolute Gasteiger partial charge is 0.346 e. The van der Waals surface area contributed by atoms with Crippen molar-refractivity contribution in [3.63, 3.8) is 0 Å². The number of carbonyl (C=O) groups is 1. The van der Waals surface area contributed by atoms with Crippen molar-refractivity contribution < 1.29 is 4.79 Å². The van der Waals surface area contributed by atoms with Crippen LogP contribution in [-0.4, -0.2) is 40.5 Å². The highest BCUT2D eigenvalue weighted by Crippen LogP contribution is 2.53. The lowest BCUT2D eigenvalue weighted by Gasteiger charge is -2.52. The van der Waals surface area contributed by atoms with E-state index in [9.17, 15) is 4.79 Å². The van der Waals surface area contributed by atoms with Crippen LogP contribution in [0, 0.1) is 5.92 Å². The molecule has 4 nitrogen and oxygen atoms in total. The first kappa shape index (κ1) is 13.0. The highest BCUT2D eigenvalue weighted by Gasteiger charge is 2.60. The Labute approximate surface area is 133 Å². The van der Waals surface area contributed by atoms with E-state index in [1.54, 1.807) is 11.3 Å². The second-order valence-corrected chi connectivity index (χ2v) is 7.85. The van der Waals surface area contributed by atoms with E-state index in [4.69, 9.17) is 0 Å². The van der Waals surface area contributed by atoms with Gasteiger partial charge in [0.15, 0.2) is 0 Å². The maximum Gasteiger partial charge on any atom is 0.270 e. The normalized spacial score (nSPS) is 31.5. The third-order valence-corrected chi connectivity index (χ3v) is 6.72. The Morgan fingerprint density at radius 2 is 2.18 bits per heavy atom. The van der Waals surface area contributed by atoms with Crippen molar-refractivity contribution in [1.82, 2.24) is 15.2 Å². The van der Waals surface area contributed by atoms with Crippen molar-refractivity contribution in [3.05, 3.63) is 29.4 Å². The number of hydrogen-bond acceptors (Lipinski definition) is 4. The monoisotopic (exact) mass is 313 g/mol. The van der Waals surface area contributed by atoms with Crippen molar-refractivity contribution in [2.24, 2.45) is 5.92 Å². The van der Waals surface area contributed by atoms with Crippen molar-refractivity contribution >= 4 is 27.3 Å². The average Bonchev–Trinajstić information content (AvgIpc) is 3.18. The number of carbonyl (C=O) groups excluding carboxylic acids is 1. The minimum absolute atomic E-state index is 0.000301. The molecule has 3 aliphatic heterocycles. The van der Waals surface area contributed by atoms with E-state index >= 15 is 0 Å². The van der Waals surface area contributed by atoms with Gasteiger partial charge in [-0.3, -0.25) is 14.7 Å². The second kappa shape index (κ2) is 4.52. The molecule has 1 spiro atoms. The van der Waals surface area contributed by atoms with Gasteiger partial charge in [0, 0.05) is 21.8 Å². The van der Waals surface area contributed by atoms with E-state index in [2.05, 4.69) is 15.2 Å². The molecule has 2 aromatic heterocycles. The van der Waals surface area contributed by atoms with Crippen LogP contribution in [0.3, 0.4) is 0 Å². The number of nitrogens with one attached hydrogen (secondary N) is 1. The summed E-state index contributed by atoms with van der Waals surface area (Å²) in [5.74, 6) is 0.655. The average molecular weight is 313 g/mol. The molecule has 1 amide bonds. The number of amides is 1. The van der Waals surface area contributed by atoms with Gasteiger partial charge in [-0.15, -0.1) is 11.3 Å². The molecule has 0 aromatic carbocycles. The first-order chi connectivity index (χ1) is 10.8. The van der Waals surface area contributed by atoms with Gasteiger partial charge in [-0.1, -0.05) is 0 Å². The third-order valence-electron chi connectivity index (χ3n) is 5.84. The molecular weight excluding hydrogens is 294 g/mol. The Morgan fingerprint density at radius 1 is 1.36 bits per heavy atom. The summed E-state index contributed by atoms with van der Waals surface area (Å²) in [5, 5.41) is 6.49. The van der Waals surface area contributed by atoms with E-state index < -0.39 is 0 Å². The zero-order valence-electron chi connectivity index (χ0n) is 12.4. The Kier molecular flexibility index (Phi) is 2.68. The molecule has 1 saturated carbocycles. The fourth-order valence-electron chi connectivity index (χ4n) is 4.52. The summed E-state index contributed by atoms with van der Waals surface area (Å²) in [6.45, 7) is 2.44. The molecule has 4 fully saturated rings. The number of pyridine rings is 1. The van der Waals surface area contributed by atoms with Crippen molar-refractivity contribution in [2.45, 2.75) is 37.3 Å². The molecule has 4 aliphatic rings. The van der Waals surface area contributed by atoms with E-state index in [1.165, 1.54) is 38.8 Å². The maximum absolute atomic E-state index is 12.7. The SMILES string of the molecule is O=C(N[C@@H]1C2CCN(CC2)C12CC2)c1cc2sccc2cn1. The molecule has 1 aliphatic carbocycles. The van der Waals surface area contributed by atoms with Gasteiger partial charge in [0.25, 0.3) is 5.91 Å². The topological polar surface area (TPSA) is 45.2 Å². The number of fused-ring (bicyclic) bond motifs is 3. The zero-order chi connectivity index (χ0) is 14.7. The Hall–Kier alpha value is -1.46. The number of hydrogen-bond donors (Lipinski definition) is 1. The predicted molar refractivity (Wildman–Crippen MR) is 87.1 cm³/mol. The highest BCUT2D eigenvalue weighted by atomic mass is 32.1. The van der Waals surface area contributed by atoms with Crippen LogP contribution in [0.2, 0.25) is 0 Å². The molecule has 2 bridgehead atoms.